The topological polar surface area (TPSA) is 111 Å². The van der Waals surface area contributed by atoms with Crippen molar-refractivity contribution in [2.45, 2.75) is 57.2 Å². The first-order chi connectivity index (χ1) is 25.8. The van der Waals surface area contributed by atoms with Crippen LogP contribution >= 0.6 is 11.6 Å². The number of carbonyl (C=O) groups is 1. The number of pyridine rings is 1. The summed E-state index contributed by atoms with van der Waals surface area (Å²) in [6.07, 6.45) is 7.62. The molecule has 3 fully saturated rings. The Balaban J connectivity index is 1.32. The van der Waals surface area contributed by atoms with Crippen LogP contribution < -0.4 is 5.32 Å². The van der Waals surface area contributed by atoms with Crippen LogP contribution in [0.2, 0.25) is 5.02 Å². The van der Waals surface area contributed by atoms with Crippen LogP contribution in [0.1, 0.15) is 62.3 Å². The summed E-state index contributed by atoms with van der Waals surface area (Å²) in [6, 6.07) is 34.9. The fourth-order valence-corrected chi connectivity index (χ4v) is 9.27. The van der Waals surface area contributed by atoms with Gasteiger partial charge in [-0.3, -0.25) is 4.79 Å². The van der Waals surface area contributed by atoms with Gasteiger partial charge in [0, 0.05) is 24.5 Å². The van der Waals surface area contributed by atoms with Gasteiger partial charge in [-0.05, 0) is 80.2 Å². The highest BCUT2D eigenvalue weighted by molar-refractivity contribution is 6.31. The molecule has 7 aromatic rings. The Bertz CT molecular complexity index is 2340. The SMILES string of the molecule is CC(C)n1ccc2c(NC3C4CCC(CC4)C3C(=O)O)nc(-c3nn(C(c4ccccc4)(c4ccccc4)c4ccccc4)c4ncc(Cl)cc34)nc21. The van der Waals surface area contributed by atoms with Gasteiger partial charge in [0.2, 0.25) is 0 Å². The first-order valence-corrected chi connectivity index (χ1v) is 18.8. The summed E-state index contributed by atoms with van der Waals surface area (Å²) in [7, 11) is 0. The lowest BCUT2D eigenvalue weighted by atomic mass is 9.61. The predicted molar refractivity (Wildman–Crippen MR) is 208 cm³/mol. The van der Waals surface area contributed by atoms with Crippen molar-refractivity contribution in [3.63, 3.8) is 0 Å². The standard InChI is InChI=1S/C43H40ClN7O2/c1-26(2)50-23-22-33-38(46-36-28-20-18-27(19-21-28)35(36)42(52)53)47-39(48-41(33)50)37-34-24-32(44)25-45-40(34)51(49-37)43(29-12-6-3-7-13-29,30-14-8-4-9-15-30)31-16-10-5-11-17-31/h3-17,22-28,35-36H,18-21H2,1-2H3,(H,52,53)(H,46,47,48). The van der Waals surface area contributed by atoms with Crippen LogP contribution in [0.15, 0.2) is 116 Å². The summed E-state index contributed by atoms with van der Waals surface area (Å²) in [6.45, 7) is 4.24. The smallest absolute Gasteiger partial charge is 0.308 e. The molecule has 3 saturated carbocycles. The number of nitrogens with zero attached hydrogens (tertiary/aromatic N) is 6. The molecule has 3 aliphatic carbocycles. The molecule has 0 radical (unpaired) electrons. The van der Waals surface area contributed by atoms with Crippen LogP contribution in [0.4, 0.5) is 5.82 Å². The lowest BCUT2D eigenvalue weighted by Crippen LogP contribution is -2.51. The van der Waals surface area contributed by atoms with E-state index in [4.69, 9.17) is 31.7 Å². The Morgan fingerprint density at radius 3 is 1.96 bits per heavy atom. The predicted octanol–water partition coefficient (Wildman–Crippen LogP) is 9.22. The lowest BCUT2D eigenvalue weighted by Gasteiger charge is -2.47. The van der Waals surface area contributed by atoms with Crippen molar-refractivity contribution in [1.82, 2.24) is 29.3 Å². The maximum atomic E-state index is 12.7. The largest absolute Gasteiger partial charge is 0.481 e. The highest BCUT2D eigenvalue weighted by Gasteiger charge is 2.48. The number of hydrogen-bond donors (Lipinski definition) is 2. The lowest BCUT2D eigenvalue weighted by molar-refractivity contribution is -0.148. The van der Waals surface area contributed by atoms with E-state index >= 15 is 0 Å². The Kier molecular flexibility index (Phi) is 8.26. The molecule has 10 heteroatoms. The van der Waals surface area contributed by atoms with E-state index in [1.54, 1.807) is 6.20 Å². The molecule has 2 bridgehead atoms. The third-order valence-corrected chi connectivity index (χ3v) is 11.7. The zero-order valence-corrected chi connectivity index (χ0v) is 30.4. The number of aliphatic carboxylic acids is 1. The molecule has 53 heavy (non-hydrogen) atoms. The minimum Gasteiger partial charge on any atom is -0.481 e. The molecule has 9 nitrogen and oxygen atoms in total. The minimum absolute atomic E-state index is 0.118. The average molecular weight is 722 g/mol. The Labute approximate surface area is 312 Å². The molecule has 2 atom stereocenters. The number of hydrogen-bond acceptors (Lipinski definition) is 6. The molecule has 4 heterocycles. The monoisotopic (exact) mass is 721 g/mol. The van der Waals surface area contributed by atoms with Gasteiger partial charge in [0.1, 0.15) is 22.7 Å². The van der Waals surface area contributed by atoms with E-state index in [-0.39, 0.29) is 23.9 Å². The Hall–Kier alpha value is -5.54. The molecular weight excluding hydrogens is 682 g/mol. The summed E-state index contributed by atoms with van der Waals surface area (Å²) < 4.78 is 4.12. The van der Waals surface area contributed by atoms with Crippen LogP contribution in [0.25, 0.3) is 33.6 Å². The summed E-state index contributed by atoms with van der Waals surface area (Å²) >= 11 is 6.73. The maximum absolute atomic E-state index is 12.7. The number of fused-ring (bicyclic) bond motifs is 5. The van der Waals surface area contributed by atoms with E-state index in [1.165, 1.54) is 0 Å². The fraction of sp³-hybridized carbons (Fsp3) is 0.279. The molecule has 2 N–H and O–H groups in total. The normalized spacial score (nSPS) is 20.0. The van der Waals surface area contributed by atoms with Crippen molar-refractivity contribution in [3.8, 4) is 11.5 Å². The summed E-state index contributed by atoms with van der Waals surface area (Å²) in [5.41, 5.74) is 3.97. The zero-order valence-electron chi connectivity index (χ0n) is 29.6. The van der Waals surface area contributed by atoms with Gasteiger partial charge in [0.25, 0.3) is 0 Å². The van der Waals surface area contributed by atoms with Gasteiger partial charge in [0.05, 0.1) is 21.7 Å². The maximum Gasteiger partial charge on any atom is 0.308 e. The second-order valence-corrected chi connectivity index (χ2v) is 15.2. The van der Waals surface area contributed by atoms with Gasteiger partial charge in [-0.1, -0.05) is 103 Å². The van der Waals surface area contributed by atoms with Crippen molar-refractivity contribution in [2.24, 2.45) is 17.8 Å². The van der Waals surface area contributed by atoms with Gasteiger partial charge >= 0.3 is 5.97 Å². The van der Waals surface area contributed by atoms with E-state index < -0.39 is 17.4 Å². The van der Waals surface area contributed by atoms with Crippen molar-refractivity contribution >= 4 is 45.5 Å². The highest BCUT2D eigenvalue weighted by Crippen LogP contribution is 2.47. The van der Waals surface area contributed by atoms with E-state index in [0.717, 1.165) is 53.4 Å². The van der Waals surface area contributed by atoms with E-state index in [9.17, 15) is 9.90 Å². The summed E-state index contributed by atoms with van der Waals surface area (Å²) in [5, 5.41) is 21.6. The van der Waals surface area contributed by atoms with E-state index in [0.29, 0.717) is 33.4 Å². The molecule has 2 unspecified atom stereocenters. The van der Waals surface area contributed by atoms with Crippen molar-refractivity contribution in [1.29, 1.82) is 0 Å². The van der Waals surface area contributed by atoms with E-state index in [1.807, 2.05) is 77.6 Å². The molecule has 10 rings (SSSR count). The number of nitrogens with one attached hydrogen (secondary N) is 1. The van der Waals surface area contributed by atoms with Crippen molar-refractivity contribution in [2.75, 3.05) is 5.32 Å². The molecule has 0 spiro atoms. The number of carboxylic acid groups (broad SMARTS) is 1. The van der Waals surface area contributed by atoms with Crippen molar-refractivity contribution in [3.05, 3.63) is 137 Å². The van der Waals surface area contributed by atoms with Gasteiger partial charge in [-0.25, -0.2) is 19.6 Å². The van der Waals surface area contributed by atoms with Gasteiger partial charge in [-0.2, -0.15) is 5.10 Å². The highest BCUT2D eigenvalue weighted by atomic mass is 35.5. The van der Waals surface area contributed by atoms with Crippen LogP contribution in [0.5, 0.6) is 0 Å². The molecule has 0 aliphatic heterocycles. The van der Waals surface area contributed by atoms with Gasteiger partial charge < -0.3 is 15.0 Å². The average Bonchev–Trinajstić information content (AvgIpc) is 3.79. The molecular formula is C43H40ClN7O2. The van der Waals surface area contributed by atoms with Crippen LogP contribution in [-0.4, -0.2) is 46.4 Å². The number of rotatable bonds is 9. The first kappa shape index (κ1) is 33.3. The number of aromatic nitrogens is 6. The molecule has 266 valence electrons. The zero-order chi connectivity index (χ0) is 36.3. The molecule has 3 aromatic carbocycles. The van der Waals surface area contributed by atoms with Gasteiger partial charge in [-0.15, -0.1) is 0 Å². The number of benzene rings is 3. The van der Waals surface area contributed by atoms with Crippen LogP contribution in [0.3, 0.4) is 0 Å². The van der Waals surface area contributed by atoms with Crippen LogP contribution in [0, 0.1) is 17.8 Å². The first-order valence-electron chi connectivity index (χ1n) is 18.4. The Morgan fingerprint density at radius 2 is 1.40 bits per heavy atom. The molecule has 4 aromatic heterocycles. The number of anilines is 1. The second-order valence-electron chi connectivity index (χ2n) is 14.8. The Morgan fingerprint density at radius 1 is 0.811 bits per heavy atom. The summed E-state index contributed by atoms with van der Waals surface area (Å²) in [4.78, 5) is 28.1. The summed E-state index contributed by atoms with van der Waals surface area (Å²) in [5.74, 6) is 0.215. The minimum atomic E-state index is -0.944. The van der Waals surface area contributed by atoms with Gasteiger partial charge in [0.15, 0.2) is 11.5 Å². The number of carboxylic acids is 1. The second kappa shape index (κ2) is 13.1. The fourth-order valence-electron chi connectivity index (χ4n) is 9.12. The molecule has 0 amide bonds. The van der Waals surface area contributed by atoms with Crippen LogP contribution in [-0.2, 0) is 10.3 Å². The van der Waals surface area contributed by atoms with E-state index in [2.05, 4.69) is 60.1 Å². The number of halogens is 1. The molecule has 3 aliphatic rings. The molecule has 0 saturated heterocycles. The van der Waals surface area contributed by atoms with Crippen molar-refractivity contribution < 1.29 is 9.90 Å². The quantitative estimate of drug-likeness (QED) is 0.143. The third-order valence-electron chi connectivity index (χ3n) is 11.5. The third kappa shape index (κ3) is 5.40.